The minimum absolute atomic E-state index is 0.0729. The van der Waals surface area contributed by atoms with Crippen molar-refractivity contribution < 1.29 is 28.7 Å². The largest absolute Gasteiger partial charge is 0.496 e. The lowest BCUT2D eigenvalue weighted by atomic mass is 9.93. The highest BCUT2D eigenvalue weighted by Gasteiger charge is 2.69. The van der Waals surface area contributed by atoms with Gasteiger partial charge < -0.3 is 30.6 Å². The van der Waals surface area contributed by atoms with Crippen molar-refractivity contribution in [3.05, 3.63) is 65.2 Å². The molecule has 6 atom stereocenters. The van der Waals surface area contributed by atoms with Gasteiger partial charge in [-0.25, -0.2) is 0 Å². The third-order valence-electron chi connectivity index (χ3n) is 11.1. The number of fused-ring (bicyclic) bond motifs is 3. The summed E-state index contributed by atoms with van der Waals surface area (Å²) >= 11 is 1.37. The van der Waals surface area contributed by atoms with E-state index in [1.165, 1.54) is 11.3 Å². The number of nitrogens with one attached hydrogen (secondary N) is 4. The van der Waals surface area contributed by atoms with E-state index < -0.39 is 35.9 Å². The van der Waals surface area contributed by atoms with E-state index in [0.29, 0.717) is 42.3 Å². The number of aromatic nitrogens is 1. The molecule has 2 saturated heterocycles. The Morgan fingerprint density at radius 2 is 1.82 bits per heavy atom. The van der Waals surface area contributed by atoms with E-state index in [1.54, 1.807) is 18.1 Å². The molecule has 7 rings (SSSR count). The number of methoxy groups -OCH3 is 1. The van der Waals surface area contributed by atoms with Crippen LogP contribution in [0.5, 0.6) is 5.75 Å². The monoisotopic (exact) mass is 711 g/mol. The molecule has 2 aliphatic heterocycles. The normalized spacial score (nSPS) is 23.2. The van der Waals surface area contributed by atoms with Gasteiger partial charge in [-0.1, -0.05) is 52.0 Å². The predicted molar refractivity (Wildman–Crippen MR) is 196 cm³/mol. The molecule has 1 aliphatic carbocycles. The van der Waals surface area contributed by atoms with Crippen LogP contribution in [0.4, 0.5) is 0 Å². The number of rotatable bonds is 12. The molecule has 268 valence electrons. The van der Waals surface area contributed by atoms with Crippen molar-refractivity contribution in [2.24, 2.45) is 29.1 Å². The van der Waals surface area contributed by atoms with Crippen molar-refractivity contribution in [2.75, 3.05) is 20.2 Å². The second-order valence-electron chi connectivity index (χ2n) is 15.2. The Hall–Kier alpha value is -4.71. The maximum absolute atomic E-state index is 14.5. The van der Waals surface area contributed by atoms with Gasteiger partial charge in [0.15, 0.2) is 5.78 Å². The maximum atomic E-state index is 14.5. The molecule has 51 heavy (non-hydrogen) atoms. The van der Waals surface area contributed by atoms with Crippen LogP contribution in [0.2, 0.25) is 0 Å². The summed E-state index contributed by atoms with van der Waals surface area (Å²) < 4.78 is 6.42. The summed E-state index contributed by atoms with van der Waals surface area (Å²) in [6.07, 6.45) is 1.13. The summed E-state index contributed by atoms with van der Waals surface area (Å²) in [5.41, 5.74) is 0.865. The number of ketones is 1. The molecular formula is C39H45N5O6S. The van der Waals surface area contributed by atoms with Gasteiger partial charge in [0.25, 0.3) is 5.91 Å². The van der Waals surface area contributed by atoms with Crippen LogP contribution >= 0.6 is 11.3 Å². The van der Waals surface area contributed by atoms with E-state index in [2.05, 4.69) is 34.8 Å². The van der Waals surface area contributed by atoms with E-state index >= 15 is 0 Å². The molecule has 2 aromatic heterocycles. The van der Waals surface area contributed by atoms with Crippen molar-refractivity contribution in [3.63, 3.8) is 0 Å². The fraction of sp³-hybridized carbons (Fsp3) is 0.462. The SMILES string of the molecule is COc1cccc2[nH]c(C(=O)N[C@@H](CC(C)C)C(=O)N3C[C@H]4[C@@H]([C@H]3C(=O)N[C@@H](C[C@@H]3CCNC3=O)C(=O)c3cc5ccccc5s3)C4(C)C)cc12. The number of carbonyl (C=O) groups excluding carboxylic acids is 5. The van der Waals surface area contributed by atoms with E-state index in [9.17, 15) is 24.0 Å². The summed E-state index contributed by atoms with van der Waals surface area (Å²) in [6, 6.07) is 14.1. The Morgan fingerprint density at radius 3 is 2.53 bits per heavy atom. The van der Waals surface area contributed by atoms with Gasteiger partial charge in [0.1, 0.15) is 23.5 Å². The van der Waals surface area contributed by atoms with E-state index in [4.69, 9.17) is 4.74 Å². The number of piperidine rings is 1. The van der Waals surface area contributed by atoms with Gasteiger partial charge >= 0.3 is 0 Å². The second-order valence-corrected chi connectivity index (χ2v) is 16.3. The Bertz CT molecular complexity index is 2000. The standard InChI is InChI=1S/C39H45N5O6S/c1-20(2)15-28(43-36(47)27-18-23-25(41-27)10-8-11-29(23)50-5)38(49)44-19-24-32(39(24,3)4)33(44)37(48)42-26(16-22-13-14-40-35(22)46)34(45)31-17-21-9-6-7-12-30(21)51-31/h6-12,17-18,20,22,24,26,28,32-33,41H,13-16,19H2,1-5H3,(H,40,46)(H,42,48)(H,43,47)/t22-,24-,26-,28-,32-,33-/m0/s1. The molecule has 4 amide bonds. The van der Waals surface area contributed by atoms with Crippen molar-refractivity contribution in [1.29, 1.82) is 0 Å². The Kier molecular flexibility index (Phi) is 9.15. The molecule has 4 N–H and O–H groups in total. The van der Waals surface area contributed by atoms with E-state index in [1.807, 2.05) is 62.4 Å². The average Bonchev–Trinajstić information content (AvgIpc) is 3.76. The number of Topliss-reactive ketones (excluding diaryl/α,β-unsaturated/α-hetero) is 1. The van der Waals surface area contributed by atoms with Gasteiger partial charge in [0.2, 0.25) is 17.7 Å². The van der Waals surface area contributed by atoms with E-state index in [0.717, 1.165) is 21.0 Å². The first-order valence-corrected chi connectivity index (χ1v) is 18.6. The molecular weight excluding hydrogens is 667 g/mol. The molecule has 2 aromatic carbocycles. The summed E-state index contributed by atoms with van der Waals surface area (Å²) in [6.45, 7) is 9.08. The van der Waals surface area contributed by atoms with Gasteiger partial charge in [-0.15, -0.1) is 11.3 Å². The number of benzene rings is 2. The molecule has 0 bridgehead atoms. The minimum Gasteiger partial charge on any atom is -0.496 e. The zero-order chi connectivity index (χ0) is 36.2. The average molecular weight is 712 g/mol. The van der Waals surface area contributed by atoms with Crippen molar-refractivity contribution in [2.45, 2.75) is 65.1 Å². The zero-order valence-corrected chi connectivity index (χ0v) is 30.4. The third kappa shape index (κ3) is 6.50. The molecule has 0 spiro atoms. The smallest absolute Gasteiger partial charge is 0.268 e. The van der Waals surface area contributed by atoms with Crippen molar-refractivity contribution in [3.8, 4) is 5.75 Å². The van der Waals surface area contributed by atoms with Crippen LogP contribution in [0, 0.1) is 29.1 Å². The Morgan fingerprint density at radius 1 is 1.04 bits per heavy atom. The zero-order valence-electron chi connectivity index (χ0n) is 29.6. The number of hydrogen-bond donors (Lipinski definition) is 4. The van der Waals surface area contributed by atoms with Crippen LogP contribution in [0.25, 0.3) is 21.0 Å². The first kappa shape index (κ1) is 34.7. The molecule has 4 heterocycles. The lowest BCUT2D eigenvalue weighted by Gasteiger charge is -2.34. The molecule has 1 saturated carbocycles. The number of ether oxygens (including phenoxy) is 1. The van der Waals surface area contributed by atoms with Gasteiger partial charge in [-0.05, 0) is 78.1 Å². The fourth-order valence-electron chi connectivity index (χ4n) is 8.29. The topological polar surface area (TPSA) is 150 Å². The second kappa shape index (κ2) is 13.4. The van der Waals surface area contributed by atoms with Crippen LogP contribution < -0.4 is 20.7 Å². The van der Waals surface area contributed by atoms with Crippen LogP contribution in [0.3, 0.4) is 0 Å². The lowest BCUT2D eigenvalue weighted by molar-refractivity contribution is -0.142. The summed E-state index contributed by atoms with van der Waals surface area (Å²) in [5, 5.41) is 10.5. The lowest BCUT2D eigenvalue weighted by Crippen LogP contribution is -2.57. The van der Waals surface area contributed by atoms with Crippen LogP contribution in [0.1, 0.15) is 67.1 Å². The number of aromatic amines is 1. The van der Waals surface area contributed by atoms with Gasteiger partial charge in [-0.3, -0.25) is 24.0 Å². The molecule has 12 heteroatoms. The molecule has 0 radical (unpaired) electrons. The van der Waals surface area contributed by atoms with Crippen molar-refractivity contribution in [1.82, 2.24) is 25.8 Å². The van der Waals surface area contributed by atoms with Crippen LogP contribution in [-0.2, 0) is 14.4 Å². The summed E-state index contributed by atoms with van der Waals surface area (Å²) in [4.78, 5) is 74.5. The first-order valence-electron chi connectivity index (χ1n) is 17.7. The Balaban J connectivity index is 1.14. The van der Waals surface area contributed by atoms with Gasteiger partial charge in [-0.2, -0.15) is 0 Å². The van der Waals surface area contributed by atoms with Crippen LogP contribution in [0.15, 0.2) is 54.6 Å². The molecule has 3 aliphatic rings. The van der Waals surface area contributed by atoms with E-state index in [-0.39, 0.29) is 47.2 Å². The molecule has 0 unspecified atom stereocenters. The summed E-state index contributed by atoms with van der Waals surface area (Å²) in [5.74, 6) is -1.23. The molecule has 11 nitrogen and oxygen atoms in total. The highest BCUT2D eigenvalue weighted by Crippen LogP contribution is 2.65. The number of hydrogen-bond acceptors (Lipinski definition) is 7. The van der Waals surface area contributed by atoms with Crippen molar-refractivity contribution >= 4 is 61.7 Å². The number of carbonyl (C=O) groups is 5. The number of amides is 4. The molecule has 4 aromatic rings. The first-order chi connectivity index (χ1) is 24.4. The third-order valence-corrected chi connectivity index (χ3v) is 12.3. The number of thiophene rings is 1. The van der Waals surface area contributed by atoms with Gasteiger partial charge in [0, 0.05) is 34.6 Å². The highest BCUT2D eigenvalue weighted by atomic mass is 32.1. The fourth-order valence-corrected chi connectivity index (χ4v) is 9.35. The molecule has 3 fully saturated rings. The predicted octanol–water partition coefficient (Wildman–Crippen LogP) is 4.91. The number of nitrogens with zero attached hydrogens (tertiary/aromatic N) is 1. The van der Waals surface area contributed by atoms with Gasteiger partial charge in [0.05, 0.1) is 18.0 Å². The quantitative estimate of drug-likeness (QED) is 0.154. The summed E-state index contributed by atoms with van der Waals surface area (Å²) in [7, 11) is 1.57. The van der Waals surface area contributed by atoms with Crippen LogP contribution in [-0.4, -0.2) is 77.6 Å². The number of H-pyrrole nitrogens is 1. The Labute approximate surface area is 300 Å². The maximum Gasteiger partial charge on any atom is 0.268 e. The highest BCUT2D eigenvalue weighted by molar-refractivity contribution is 7.20. The minimum atomic E-state index is -0.942. The number of likely N-dealkylation sites (tertiary alicyclic amines) is 1.